The van der Waals surface area contributed by atoms with E-state index in [2.05, 4.69) is 43.4 Å². The molecule has 1 aliphatic carbocycles. The molecule has 1 fully saturated rings. The molecule has 1 aromatic rings. The van der Waals surface area contributed by atoms with Gasteiger partial charge in [0.05, 0.1) is 0 Å². The maximum atomic E-state index is 5.96. The molecule has 2 nitrogen and oxygen atoms in total. The highest BCUT2D eigenvalue weighted by Gasteiger charge is 2.21. The van der Waals surface area contributed by atoms with Crippen molar-refractivity contribution in [3.63, 3.8) is 0 Å². The van der Waals surface area contributed by atoms with Crippen molar-refractivity contribution < 1.29 is 0 Å². The van der Waals surface area contributed by atoms with Crippen LogP contribution in [0.1, 0.15) is 56.2 Å². The summed E-state index contributed by atoms with van der Waals surface area (Å²) < 4.78 is 0. The van der Waals surface area contributed by atoms with E-state index in [4.69, 9.17) is 5.73 Å². The molecule has 100 valence electrons. The Morgan fingerprint density at radius 3 is 2.33 bits per heavy atom. The first kappa shape index (κ1) is 13.6. The Kier molecular flexibility index (Phi) is 4.79. The molecular weight excluding hydrogens is 220 g/mol. The van der Waals surface area contributed by atoms with Crippen LogP contribution in [0, 0.1) is 6.92 Å². The number of hydrogen-bond acceptors (Lipinski definition) is 2. The summed E-state index contributed by atoms with van der Waals surface area (Å²) in [6.45, 7) is 4.40. The molecule has 0 heterocycles. The number of benzene rings is 1. The molecule has 0 radical (unpaired) electrons. The van der Waals surface area contributed by atoms with Gasteiger partial charge in [0.2, 0.25) is 0 Å². The predicted molar refractivity (Wildman–Crippen MR) is 77.6 cm³/mol. The first-order chi connectivity index (χ1) is 8.69. The Morgan fingerprint density at radius 1 is 1.17 bits per heavy atom. The third-order valence-electron chi connectivity index (χ3n) is 4.10. The number of nitrogens with one attached hydrogen (secondary N) is 1. The number of aryl methyl sites for hydroxylation is 1. The molecule has 1 unspecified atom stereocenters. The van der Waals surface area contributed by atoms with Crippen molar-refractivity contribution in [2.24, 2.45) is 5.73 Å². The van der Waals surface area contributed by atoms with Gasteiger partial charge in [-0.3, -0.25) is 0 Å². The summed E-state index contributed by atoms with van der Waals surface area (Å²) in [5.74, 6) is 0. The van der Waals surface area contributed by atoms with Gasteiger partial charge in [-0.15, -0.1) is 0 Å². The largest absolute Gasteiger partial charge is 0.328 e. The van der Waals surface area contributed by atoms with Gasteiger partial charge in [0.15, 0.2) is 0 Å². The van der Waals surface area contributed by atoms with Gasteiger partial charge < -0.3 is 11.1 Å². The summed E-state index contributed by atoms with van der Waals surface area (Å²) in [6, 6.07) is 10.5. The van der Waals surface area contributed by atoms with Gasteiger partial charge in [0.25, 0.3) is 0 Å². The molecule has 0 aliphatic heterocycles. The Balaban J connectivity index is 1.94. The SMILES string of the molecule is CCC(NC1CCC(N)CC1)c1ccc(C)cc1. The van der Waals surface area contributed by atoms with Crippen molar-refractivity contribution in [2.45, 2.75) is 64.1 Å². The zero-order valence-electron chi connectivity index (χ0n) is 11.7. The zero-order valence-corrected chi connectivity index (χ0v) is 11.7. The first-order valence-electron chi connectivity index (χ1n) is 7.27. The van der Waals surface area contributed by atoms with Crippen molar-refractivity contribution in [1.82, 2.24) is 5.32 Å². The van der Waals surface area contributed by atoms with E-state index >= 15 is 0 Å². The van der Waals surface area contributed by atoms with E-state index in [1.54, 1.807) is 0 Å². The molecule has 1 aromatic carbocycles. The van der Waals surface area contributed by atoms with Gasteiger partial charge in [0, 0.05) is 18.1 Å². The van der Waals surface area contributed by atoms with Gasteiger partial charge in [-0.2, -0.15) is 0 Å². The Hall–Kier alpha value is -0.860. The predicted octanol–water partition coefficient (Wildman–Crippen LogP) is 3.31. The molecule has 1 atom stereocenters. The minimum Gasteiger partial charge on any atom is -0.328 e. The van der Waals surface area contributed by atoms with Crippen LogP contribution >= 0.6 is 0 Å². The molecule has 0 amide bonds. The lowest BCUT2D eigenvalue weighted by atomic mass is 9.90. The normalized spacial score (nSPS) is 25.9. The summed E-state index contributed by atoms with van der Waals surface area (Å²) in [7, 11) is 0. The Morgan fingerprint density at radius 2 is 1.78 bits per heavy atom. The molecule has 0 bridgehead atoms. The maximum absolute atomic E-state index is 5.96. The van der Waals surface area contributed by atoms with Gasteiger partial charge in [-0.25, -0.2) is 0 Å². The van der Waals surface area contributed by atoms with Crippen molar-refractivity contribution in [3.05, 3.63) is 35.4 Å². The highest BCUT2D eigenvalue weighted by atomic mass is 15.0. The van der Waals surface area contributed by atoms with Crippen LogP contribution in [0.3, 0.4) is 0 Å². The average Bonchev–Trinajstić information content (AvgIpc) is 2.39. The standard InChI is InChI=1S/C16H26N2/c1-3-16(13-6-4-12(2)5-7-13)18-15-10-8-14(17)9-11-15/h4-7,14-16,18H,3,8-11,17H2,1-2H3. The quantitative estimate of drug-likeness (QED) is 0.855. The van der Waals surface area contributed by atoms with Crippen LogP contribution in [0.4, 0.5) is 0 Å². The maximum Gasteiger partial charge on any atom is 0.0320 e. The van der Waals surface area contributed by atoms with E-state index in [0.717, 1.165) is 6.42 Å². The van der Waals surface area contributed by atoms with Crippen LogP contribution < -0.4 is 11.1 Å². The first-order valence-corrected chi connectivity index (χ1v) is 7.27. The zero-order chi connectivity index (χ0) is 13.0. The third kappa shape index (κ3) is 3.56. The number of nitrogens with two attached hydrogens (primary N) is 1. The van der Waals surface area contributed by atoms with Crippen LogP contribution in [0.5, 0.6) is 0 Å². The minimum atomic E-state index is 0.433. The average molecular weight is 246 g/mol. The molecule has 2 heteroatoms. The van der Waals surface area contributed by atoms with E-state index in [1.165, 1.54) is 36.8 Å². The van der Waals surface area contributed by atoms with Crippen LogP contribution in [-0.2, 0) is 0 Å². The van der Waals surface area contributed by atoms with Crippen LogP contribution in [0.25, 0.3) is 0 Å². The summed E-state index contributed by atoms with van der Waals surface area (Å²) in [6.07, 6.45) is 5.93. The lowest BCUT2D eigenvalue weighted by Crippen LogP contribution is -2.39. The minimum absolute atomic E-state index is 0.433. The number of rotatable bonds is 4. The highest BCUT2D eigenvalue weighted by Crippen LogP contribution is 2.23. The fourth-order valence-electron chi connectivity index (χ4n) is 2.82. The van der Waals surface area contributed by atoms with Gasteiger partial charge in [0.1, 0.15) is 0 Å². The topological polar surface area (TPSA) is 38.0 Å². The summed E-state index contributed by atoms with van der Waals surface area (Å²) in [4.78, 5) is 0. The Labute approximate surface area is 111 Å². The molecule has 0 aromatic heterocycles. The third-order valence-corrected chi connectivity index (χ3v) is 4.10. The smallest absolute Gasteiger partial charge is 0.0320 e. The van der Waals surface area contributed by atoms with Crippen LogP contribution in [0.2, 0.25) is 0 Å². The van der Waals surface area contributed by atoms with Crippen LogP contribution in [0.15, 0.2) is 24.3 Å². The molecular formula is C16H26N2. The number of hydrogen-bond donors (Lipinski definition) is 2. The fourth-order valence-corrected chi connectivity index (χ4v) is 2.82. The molecule has 1 aliphatic rings. The van der Waals surface area contributed by atoms with Crippen molar-refractivity contribution in [2.75, 3.05) is 0 Å². The molecule has 3 N–H and O–H groups in total. The second-order valence-corrected chi connectivity index (χ2v) is 5.65. The molecule has 1 saturated carbocycles. The van der Waals surface area contributed by atoms with Crippen molar-refractivity contribution in [3.8, 4) is 0 Å². The van der Waals surface area contributed by atoms with Crippen molar-refractivity contribution in [1.29, 1.82) is 0 Å². The van der Waals surface area contributed by atoms with Crippen LogP contribution in [-0.4, -0.2) is 12.1 Å². The fraction of sp³-hybridized carbons (Fsp3) is 0.625. The van der Waals surface area contributed by atoms with Gasteiger partial charge in [-0.1, -0.05) is 36.8 Å². The van der Waals surface area contributed by atoms with E-state index in [0.29, 0.717) is 18.1 Å². The van der Waals surface area contributed by atoms with E-state index in [9.17, 15) is 0 Å². The summed E-state index contributed by atoms with van der Waals surface area (Å²) in [5.41, 5.74) is 8.71. The summed E-state index contributed by atoms with van der Waals surface area (Å²) >= 11 is 0. The second kappa shape index (κ2) is 6.35. The molecule has 0 saturated heterocycles. The summed E-state index contributed by atoms with van der Waals surface area (Å²) in [5, 5.41) is 3.81. The van der Waals surface area contributed by atoms with Gasteiger partial charge in [-0.05, 0) is 44.6 Å². The monoisotopic (exact) mass is 246 g/mol. The van der Waals surface area contributed by atoms with Crippen molar-refractivity contribution >= 4 is 0 Å². The second-order valence-electron chi connectivity index (χ2n) is 5.65. The van der Waals surface area contributed by atoms with Gasteiger partial charge >= 0.3 is 0 Å². The van der Waals surface area contributed by atoms with E-state index in [-0.39, 0.29) is 0 Å². The Bertz CT molecular complexity index is 350. The lowest BCUT2D eigenvalue weighted by molar-refractivity contribution is 0.312. The molecule has 0 spiro atoms. The molecule has 18 heavy (non-hydrogen) atoms. The van der Waals surface area contributed by atoms with E-state index in [1.807, 2.05) is 0 Å². The lowest BCUT2D eigenvalue weighted by Gasteiger charge is -2.30. The van der Waals surface area contributed by atoms with E-state index < -0.39 is 0 Å². The highest BCUT2D eigenvalue weighted by molar-refractivity contribution is 5.24. The molecule has 2 rings (SSSR count).